The fraction of sp³-hybridized carbons (Fsp3) is 0.778. The highest BCUT2D eigenvalue weighted by Gasteiger charge is 2.38. The van der Waals surface area contributed by atoms with Gasteiger partial charge in [-0.15, -0.1) is 0 Å². The van der Waals surface area contributed by atoms with Crippen molar-refractivity contribution < 1.29 is 4.79 Å². The van der Waals surface area contributed by atoms with Crippen molar-refractivity contribution in [2.75, 3.05) is 19.6 Å². The zero-order valence-corrected chi connectivity index (χ0v) is 14.8. The predicted molar refractivity (Wildman–Crippen MR) is 91.3 cm³/mol. The number of amides is 1. The summed E-state index contributed by atoms with van der Waals surface area (Å²) < 4.78 is 1.96. The van der Waals surface area contributed by atoms with E-state index >= 15 is 0 Å². The molecule has 2 fully saturated rings. The molecule has 3 rings (SSSR count). The van der Waals surface area contributed by atoms with Crippen LogP contribution >= 0.6 is 0 Å². The molecule has 1 aromatic rings. The highest BCUT2D eigenvalue weighted by Crippen LogP contribution is 2.30. The van der Waals surface area contributed by atoms with Gasteiger partial charge in [0.2, 0.25) is 5.91 Å². The van der Waals surface area contributed by atoms with Crippen LogP contribution in [-0.4, -0.2) is 57.2 Å². The summed E-state index contributed by atoms with van der Waals surface area (Å²) in [6.07, 6.45) is 5.43. The quantitative estimate of drug-likeness (QED) is 0.837. The van der Waals surface area contributed by atoms with Crippen LogP contribution < -0.4 is 0 Å². The first-order valence-electron chi connectivity index (χ1n) is 9.14. The number of rotatable bonds is 5. The molecule has 5 nitrogen and oxygen atoms in total. The molecule has 1 amide bonds. The predicted octanol–water partition coefficient (Wildman–Crippen LogP) is 2.37. The number of likely N-dealkylation sites (N-methyl/N-ethyl adjacent to an activating group) is 1. The number of carbonyl (C=O) groups excluding carboxylic acids is 1. The lowest BCUT2D eigenvalue weighted by Gasteiger charge is -2.34. The van der Waals surface area contributed by atoms with Crippen LogP contribution in [0.2, 0.25) is 0 Å². The maximum atomic E-state index is 12.8. The molecular weight excluding hydrogens is 288 g/mol. The van der Waals surface area contributed by atoms with E-state index in [1.54, 1.807) is 0 Å². The monoisotopic (exact) mass is 318 g/mol. The molecule has 23 heavy (non-hydrogen) atoms. The van der Waals surface area contributed by atoms with E-state index in [9.17, 15) is 4.79 Å². The van der Waals surface area contributed by atoms with Gasteiger partial charge in [0, 0.05) is 37.3 Å². The maximum Gasteiger partial charge on any atom is 0.224 e. The van der Waals surface area contributed by atoms with Crippen LogP contribution in [0.5, 0.6) is 0 Å². The zero-order valence-electron chi connectivity index (χ0n) is 14.8. The number of aromatic nitrogens is 2. The molecule has 2 saturated heterocycles. The topological polar surface area (TPSA) is 41.4 Å². The fourth-order valence-corrected chi connectivity index (χ4v) is 4.43. The van der Waals surface area contributed by atoms with Crippen molar-refractivity contribution in [2.24, 2.45) is 0 Å². The Bertz CT molecular complexity index is 553. The summed E-state index contributed by atoms with van der Waals surface area (Å²) in [7, 11) is 0. The first-order chi connectivity index (χ1) is 11.1. The summed E-state index contributed by atoms with van der Waals surface area (Å²) in [6, 6.07) is 3.09. The second-order valence-electron chi connectivity index (χ2n) is 7.04. The third kappa shape index (κ3) is 3.44. The molecule has 2 aliphatic rings. The number of nitrogens with zero attached hydrogens (tertiary/aromatic N) is 4. The van der Waals surface area contributed by atoms with E-state index in [1.807, 2.05) is 11.6 Å². The Balaban J connectivity index is 1.60. The highest BCUT2D eigenvalue weighted by atomic mass is 16.2. The van der Waals surface area contributed by atoms with Crippen molar-refractivity contribution in [1.82, 2.24) is 19.6 Å². The third-order valence-electron chi connectivity index (χ3n) is 5.52. The van der Waals surface area contributed by atoms with Gasteiger partial charge in [-0.05, 0) is 58.7 Å². The van der Waals surface area contributed by atoms with Crippen molar-refractivity contribution in [3.05, 3.63) is 17.5 Å². The minimum Gasteiger partial charge on any atom is -0.338 e. The molecular formula is C18H30N4O. The smallest absolute Gasteiger partial charge is 0.224 e. The van der Waals surface area contributed by atoms with Gasteiger partial charge in [-0.2, -0.15) is 5.10 Å². The molecule has 128 valence electrons. The van der Waals surface area contributed by atoms with Crippen LogP contribution in [0.1, 0.15) is 50.4 Å². The van der Waals surface area contributed by atoms with E-state index in [1.165, 1.54) is 25.8 Å². The Kier molecular flexibility index (Phi) is 5.05. The van der Waals surface area contributed by atoms with Crippen LogP contribution in [0.25, 0.3) is 0 Å². The number of hydrogen-bond acceptors (Lipinski definition) is 3. The zero-order chi connectivity index (χ0) is 16.4. The summed E-state index contributed by atoms with van der Waals surface area (Å²) in [5.74, 6) is 0.308. The van der Waals surface area contributed by atoms with Gasteiger partial charge in [0.1, 0.15) is 0 Å². The number of aryl methyl sites for hydroxylation is 3. The molecule has 0 bridgehead atoms. The van der Waals surface area contributed by atoms with Gasteiger partial charge in [-0.1, -0.05) is 6.92 Å². The number of hydrogen-bond donors (Lipinski definition) is 0. The summed E-state index contributed by atoms with van der Waals surface area (Å²) in [6.45, 7) is 10.2. The lowest BCUT2D eigenvalue weighted by Crippen LogP contribution is -2.48. The van der Waals surface area contributed by atoms with Crippen molar-refractivity contribution in [2.45, 2.75) is 71.5 Å². The lowest BCUT2D eigenvalue weighted by atomic mass is 10.0. The minimum atomic E-state index is 0.308. The maximum absolute atomic E-state index is 12.8. The number of likely N-dealkylation sites (tertiary alicyclic amines) is 2. The Morgan fingerprint density at radius 2 is 1.96 bits per heavy atom. The average molecular weight is 318 g/mol. The normalized spacial score (nSPS) is 25.4. The standard InChI is InChI=1S/C18H30N4O/c1-4-20-10-5-7-16(20)17-8-6-11-21(17)18(23)9-12-22-15(3)13-14(2)19-22/h13,16-17H,4-12H2,1-3H3/t16-,17+/m0/s1. The largest absolute Gasteiger partial charge is 0.338 e. The van der Waals surface area contributed by atoms with E-state index in [0.717, 1.165) is 30.9 Å². The van der Waals surface area contributed by atoms with Crippen LogP contribution in [0.15, 0.2) is 6.07 Å². The Morgan fingerprint density at radius 1 is 1.22 bits per heavy atom. The van der Waals surface area contributed by atoms with Gasteiger partial charge in [0.25, 0.3) is 0 Å². The molecule has 0 N–H and O–H groups in total. The summed E-state index contributed by atoms with van der Waals surface area (Å²) in [4.78, 5) is 17.5. The van der Waals surface area contributed by atoms with E-state index in [-0.39, 0.29) is 0 Å². The van der Waals surface area contributed by atoms with Crippen LogP contribution in [0.3, 0.4) is 0 Å². The van der Waals surface area contributed by atoms with Crippen molar-refractivity contribution in [3.8, 4) is 0 Å². The molecule has 0 aliphatic carbocycles. The fourth-order valence-electron chi connectivity index (χ4n) is 4.43. The molecule has 1 aromatic heterocycles. The first kappa shape index (κ1) is 16.5. The molecule has 3 heterocycles. The van der Waals surface area contributed by atoms with Crippen molar-refractivity contribution >= 4 is 5.91 Å². The van der Waals surface area contributed by atoms with Gasteiger partial charge in [-0.3, -0.25) is 14.4 Å². The van der Waals surface area contributed by atoms with Crippen LogP contribution in [-0.2, 0) is 11.3 Å². The second-order valence-corrected chi connectivity index (χ2v) is 7.04. The van der Waals surface area contributed by atoms with Gasteiger partial charge in [0.05, 0.1) is 5.69 Å². The SMILES string of the molecule is CCN1CCC[C@H]1[C@H]1CCCN1C(=O)CCn1nc(C)cc1C. The van der Waals surface area contributed by atoms with Gasteiger partial charge in [0.15, 0.2) is 0 Å². The third-order valence-corrected chi connectivity index (χ3v) is 5.52. The van der Waals surface area contributed by atoms with E-state index < -0.39 is 0 Å². The van der Waals surface area contributed by atoms with Crippen LogP contribution in [0, 0.1) is 13.8 Å². The van der Waals surface area contributed by atoms with E-state index in [2.05, 4.69) is 34.8 Å². The molecule has 0 saturated carbocycles. The van der Waals surface area contributed by atoms with Gasteiger partial charge in [-0.25, -0.2) is 0 Å². The second kappa shape index (κ2) is 7.04. The van der Waals surface area contributed by atoms with Gasteiger partial charge >= 0.3 is 0 Å². The Hall–Kier alpha value is -1.36. The average Bonchev–Trinajstić information content (AvgIpc) is 3.23. The summed E-state index contributed by atoms with van der Waals surface area (Å²) in [5, 5.41) is 4.47. The highest BCUT2D eigenvalue weighted by molar-refractivity contribution is 5.76. The molecule has 0 unspecified atom stereocenters. The minimum absolute atomic E-state index is 0.308. The molecule has 2 atom stereocenters. The molecule has 0 radical (unpaired) electrons. The summed E-state index contributed by atoms with van der Waals surface area (Å²) >= 11 is 0. The lowest BCUT2D eigenvalue weighted by molar-refractivity contribution is -0.133. The van der Waals surface area contributed by atoms with E-state index in [4.69, 9.17) is 0 Å². The van der Waals surface area contributed by atoms with Gasteiger partial charge < -0.3 is 4.90 Å². The van der Waals surface area contributed by atoms with Crippen molar-refractivity contribution in [1.29, 1.82) is 0 Å². The van der Waals surface area contributed by atoms with E-state index in [0.29, 0.717) is 31.0 Å². The molecule has 0 aromatic carbocycles. The van der Waals surface area contributed by atoms with Crippen LogP contribution in [0.4, 0.5) is 0 Å². The number of carbonyl (C=O) groups is 1. The molecule has 5 heteroatoms. The van der Waals surface area contributed by atoms with Crippen molar-refractivity contribution in [3.63, 3.8) is 0 Å². The molecule has 2 aliphatic heterocycles. The Morgan fingerprint density at radius 3 is 2.65 bits per heavy atom. The summed E-state index contributed by atoms with van der Waals surface area (Å²) in [5.41, 5.74) is 2.17. The Labute approximate surface area is 139 Å². The molecule has 0 spiro atoms. The first-order valence-corrected chi connectivity index (χ1v) is 9.14.